The molecule has 38 heavy (non-hydrogen) atoms. The van der Waals surface area contributed by atoms with Crippen molar-refractivity contribution in [3.05, 3.63) is 65.2 Å². The number of alkyl halides is 2. The summed E-state index contributed by atoms with van der Waals surface area (Å²) in [5, 5.41) is 7.29. The Balaban J connectivity index is 1.38. The molecule has 2 aliphatic rings. The van der Waals surface area contributed by atoms with Crippen molar-refractivity contribution in [1.29, 1.82) is 0 Å². The molecule has 1 aliphatic carbocycles. The molecule has 1 aromatic carbocycles. The van der Waals surface area contributed by atoms with Crippen molar-refractivity contribution in [2.24, 2.45) is 7.05 Å². The number of ether oxygens (including phenoxy) is 1. The Bertz CT molecular complexity index is 1170. The maximum absolute atomic E-state index is 14.3. The van der Waals surface area contributed by atoms with Crippen LogP contribution in [0.4, 0.5) is 30.8 Å². The summed E-state index contributed by atoms with van der Waals surface area (Å²) >= 11 is 0. The number of nitrogens with one attached hydrogen (secondary N) is 1. The molecular weight excluding hydrogens is 491 g/mol. The van der Waals surface area contributed by atoms with Gasteiger partial charge in [-0.2, -0.15) is 4.98 Å². The maximum atomic E-state index is 14.3. The number of benzene rings is 1. The summed E-state index contributed by atoms with van der Waals surface area (Å²) in [6.45, 7) is 4.43. The molecule has 0 atom stereocenters. The van der Waals surface area contributed by atoms with Gasteiger partial charge in [-0.15, -0.1) is 5.10 Å². The summed E-state index contributed by atoms with van der Waals surface area (Å²) in [5.74, 6) is -1.99. The van der Waals surface area contributed by atoms with Crippen molar-refractivity contribution >= 4 is 17.6 Å². The van der Waals surface area contributed by atoms with Gasteiger partial charge in [-0.05, 0) is 62.0 Å². The van der Waals surface area contributed by atoms with Crippen LogP contribution in [0, 0.1) is 5.82 Å². The highest BCUT2D eigenvalue weighted by molar-refractivity contribution is 5.57. The number of rotatable bonds is 9. The lowest BCUT2D eigenvalue weighted by Gasteiger charge is -2.31. The Kier molecular flexibility index (Phi) is 9.17. The minimum atomic E-state index is -3.07. The highest BCUT2D eigenvalue weighted by Gasteiger charge is 2.27. The zero-order valence-electron chi connectivity index (χ0n) is 22.5. The highest BCUT2D eigenvalue weighted by atomic mass is 19.3. The molecule has 206 valence electrons. The highest BCUT2D eigenvalue weighted by Crippen LogP contribution is 2.31. The molecule has 0 amide bonds. The van der Waals surface area contributed by atoms with Crippen LogP contribution >= 0.6 is 0 Å². The molecule has 2 heterocycles. The molecule has 1 saturated heterocycles. The van der Waals surface area contributed by atoms with Crippen molar-refractivity contribution in [3.8, 4) is 0 Å². The van der Waals surface area contributed by atoms with Gasteiger partial charge >= 0.3 is 0 Å². The second-order valence-electron chi connectivity index (χ2n) is 10.1. The predicted octanol–water partition coefficient (Wildman–Crippen LogP) is 7.54. The first-order valence-corrected chi connectivity index (χ1v) is 13.6. The number of hydrogen-bond acceptors (Lipinski definition) is 5. The average molecular weight is 530 g/mol. The quantitative estimate of drug-likeness (QED) is 0.364. The molecule has 1 aromatic heterocycles. The standard InChI is InChI=1S/C29H38F3N5O/c1-4-5-10-21-11-8-6-7-9-12-24(19-21)38-23-15-17-37(18-16-23)28-34-27(36(3)35-28)33-26-20-22(29(2,31)32)13-14-25(26)30/h9,11-14,19-20,23H,4-8,10,15-18H2,1-3H3,(H,33,34,35). The number of allylic oxidation sites excluding steroid dienone is 5. The summed E-state index contributed by atoms with van der Waals surface area (Å²) in [6.07, 6.45) is 17.3. The fourth-order valence-corrected chi connectivity index (χ4v) is 4.64. The number of anilines is 3. The number of nitrogens with zero attached hydrogens (tertiary/aromatic N) is 4. The predicted molar refractivity (Wildman–Crippen MR) is 145 cm³/mol. The van der Waals surface area contributed by atoms with E-state index in [1.807, 2.05) is 0 Å². The minimum Gasteiger partial charge on any atom is -0.490 e. The van der Waals surface area contributed by atoms with E-state index in [0.717, 1.165) is 82.5 Å². The molecule has 4 rings (SSSR count). The van der Waals surface area contributed by atoms with Crippen LogP contribution in [0.3, 0.4) is 0 Å². The monoisotopic (exact) mass is 529 g/mol. The maximum Gasteiger partial charge on any atom is 0.270 e. The number of piperidine rings is 1. The van der Waals surface area contributed by atoms with Crippen molar-refractivity contribution in [1.82, 2.24) is 14.8 Å². The summed E-state index contributed by atoms with van der Waals surface area (Å²) in [7, 11) is 1.69. The van der Waals surface area contributed by atoms with Gasteiger partial charge in [0.1, 0.15) is 17.7 Å². The van der Waals surface area contributed by atoms with Crippen molar-refractivity contribution in [2.75, 3.05) is 23.3 Å². The second-order valence-corrected chi connectivity index (χ2v) is 10.1. The Morgan fingerprint density at radius 1 is 1.18 bits per heavy atom. The van der Waals surface area contributed by atoms with E-state index in [9.17, 15) is 13.2 Å². The van der Waals surface area contributed by atoms with Crippen LogP contribution in [0.5, 0.6) is 0 Å². The second kappa shape index (κ2) is 12.5. The van der Waals surface area contributed by atoms with Gasteiger partial charge in [0, 0.05) is 45.5 Å². The van der Waals surface area contributed by atoms with Crippen LogP contribution in [0.15, 0.2) is 53.8 Å². The van der Waals surface area contributed by atoms with Gasteiger partial charge in [0.05, 0.1) is 5.69 Å². The molecular formula is C29H38F3N5O. The third-order valence-corrected chi connectivity index (χ3v) is 6.91. The Morgan fingerprint density at radius 2 is 1.97 bits per heavy atom. The molecule has 0 spiro atoms. The number of aromatic nitrogens is 3. The molecule has 1 fully saturated rings. The molecule has 2 aromatic rings. The van der Waals surface area contributed by atoms with Gasteiger partial charge in [-0.3, -0.25) is 0 Å². The number of halogens is 3. The zero-order chi connectivity index (χ0) is 27.1. The number of unbranched alkanes of at least 4 members (excludes halogenated alkanes) is 1. The van der Waals surface area contributed by atoms with E-state index >= 15 is 0 Å². The minimum absolute atomic E-state index is 0.0677. The van der Waals surface area contributed by atoms with Crippen LogP contribution in [0.25, 0.3) is 0 Å². The fourth-order valence-electron chi connectivity index (χ4n) is 4.64. The van der Waals surface area contributed by atoms with Gasteiger partial charge in [0.25, 0.3) is 5.92 Å². The van der Waals surface area contributed by atoms with E-state index in [1.165, 1.54) is 23.1 Å². The van der Waals surface area contributed by atoms with E-state index in [2.05, 4.69) is 51.5 Å². The lowest BCUT2D eigenvalue weighted by molar-refractivity contribution is 0.0175. The molecule has 0 unspecified atom stereocenters. The first-order valence-electron chi connectivity index (χ1n) is 13.6. The Morgan fingerprint density at radius 3 is 2.71 bits per heavy atom. The molecule has 9 heteroatoms. The lowest BCUT2D eigenvalue weighted by atomic mass is 10.1. The van der Waals surface area contributed by atoms with E-state index in [4.69, 9.17) is 4.74 Å². The smallest absolute Gasteiger partial charge is 0.270 e. The third kappa shape index (κ3) is 7.42. The Labute approximate surface area is 223 Å². The van der Waals surface area contributed by atoms with Crippen LogP contribution < -0.4 is 10.2 Å². The van der Waals surface area contributed by atoms with E-state index in [1.54, 1.807) is 7.05 Å². The van der Waals surface area contributed by atoms with Crippen LogP contribution in [0.1, 0.15) is 70.8 Å². The number of aryl methyl sites for hydroxylation is 1. The SMILES string of the molecule is CCCCC1=CCCCC=CC(OC2CCN(c3nc(Nc4cc(C(C)(F)F)ccc4F)n(C)n3)CC2)=C1. The fraction of sp³-hybridized carbons (Fsp3) is 0.517. The van der Waals surface area contributed by atoms with E-state index < -0.39 is 11.7 Å². The van der Waals surface area contributed by atoms with Gasteiger partial charge < -0.3 is 15.0 Å². The zero-order valence-corrected chi connectivity index (χ0v) is 22.5. The van der Waals surface area contributed by atoms with E-state index in [0.29, 0.717) is 5.95 Å². The van der Waals surface area contributed by atoms with Crippen LogP contribution in [0.2, 0.25) is 0 Å². The van der Waals surface area contributed by atoms with Crippen molar-refractivity contribution in [2.45, 2.75) is 77.2 Å². The third-order valence-electron chi connectivity index (χ3n) is 6.91. The molecule has 0 bridgehead atoms. The first kappa shape index (κ1) is 27.8. The van der Waals surface area contributed by atoms with Crippen molar-refractivity contribution in [3.63, 3.8) is 0 Å². The largest absolute Gasteiger partial charge is 0.490 e. The van der Waals surface area contributed by atoms with Gasteiger partial charge in [0.15, 0.2) is 0 Å². The molecule has 0 radical (unpaired) electrons. The van der Waals surface area contributed by atoms with Gasteiger partial charge in [-0.1, -0.05) is 31.6 Å². The topological polar surface area (TPSA) is 55.2 Å². The first-order chi connectivity index (χ1) is 18.2. The molecule has 0 saturated carbocycles. The summed E-state index contributed by atoms with van der Waals surface area (Å²) in [6, 6.07) is 3.22. The molecule has 1 aliphatic heterocycles. The lowest BCUT2D eigenvalue weighted by Crippen LogP contribution is -2.37. The summed E-state index contributed by atoms with van der Waals surface area (Å²) < 4.78 is 49.7. The summed E-state index contributed by atoms with van der Waals surface area (Å²) in [4.78, 5) is 6.58. The normalized spacial score (nSPS) is 17.4. The molecule has 1 N–H and O–H groups in total. The number of hydrogen-bond donors (Lipinski definition) is 1. The van der Waals surface area contributed by atoms with Crippen LogP contribution in [-0.4, -0.2) is 34.0 Å². The van der Waals surface area contributed by atoms with Crippen LogP contribution in [-0.2, 0) is 17.7 Å². The van der Waals surface area contributed by atoms with E-state index in [-0.39, 0.29) is 23.3 Å². The molecule has 6 nitrogen and oxygen atoms in total. The van der Waals surface area contributed by atoms with Gasteiger partial charge in [0.2, 0.25) is 11.9 Å². The van der Waals surface area contributed by atoms with Crippen molar-refractivity contribution < 1.29 is 17.9 Å². The summed E-state index contributed by atoms with van der Waals surface area (Å²) in [5.41, 5.74) is 1.01. The van der Waals surface area contributed by atoms with Gasteiger partial charge in [-0.25, -0.2) is 17.9 Å². The average Bonchev–Trinajstić information content (AvgIpc) is 3.29. The Hall–Kier alpha value is -3.23.